The number of fused-ring (bicyclic) bond motifs is 1. The number of ether oxygens (including phenoxy) is 1. The summed E-state index contributed by atoms with van der Waals surface area (Å²) in [6, 6.07) is 5.09. The predicted octanol–water partition coefficient (Wildman–Crippen LogP) is 4.20. The highest BCUT2D eigenvalue weighted by molar-refractivity contribution is 6.30. The lowest BCUT2D eigenvalue weighted by Crippen LogP contribution is -2.11. The van der Waals surface area contributed by atoms with E-state index < -0.39 is 29.7 Å². The summed E-state index contributed by atoms with van der Waals surface area (Å²) in [5, 5.41) is 0. The van der Waals surface area contributed by atoms with E-state index in [1.54, 1.807) is 12.1 Å². The highest BCUT2D eigenvalue weighted by Gasteiger charge is 2.23. The normalized spacial score (nSPS) is 11.1. The van der Waals surface area contributed by atoms with Gasteiger partial charge in [0, 0.05) is 18.0 Å². The third kappa shape index (κ3) is 2.90. The fourth-order valence-corrected chi connectivity index (χ4v) is 2.25. The molecule has 24 heavy (non-hydrogen) atoms. The lowest BCUT2D eigenvalue weighted by atomic mass is 10.2. The van der Waals surface area contributed by atoms with Crippen LogP contribution in [0.5, 0.6) is 5.75 Å². The molecule has 0 radical (unpaired) electrons. The number of hydrogen-bond acceptors (Lipinski definition) is 5. The Morgan fingerprint density at radius 2 is 1.83 bits per heavy atom. The first-order chi connectivity index (χ1) is 11.5. The van der Waals surface area contributed by atoms with Crippen LogP contribution in [0.4, 0.5) is 29.1 Å². The van der Waals surface area contributed by atoms with Crippen LogP contribution in [0.3, 0.4) is 0 Å². The van der Waals surface area contributed by atoms with Crippen molar-refractivity contribution < 1.29 is 22.3 Å². The van der Waals surface area contributed by atoms with Gasteiger partial charge in [0.05, 0.1) is 11.2 Å². The molecule has 0 aliphatic carbocycles. The molecule has 0 spiro atoms. The molecule has 0 unspecified atom stereocenters. The molecule has 3 rings (SSSR count). The Morgan fingerprint density at radius 3 is 2.58 bits per heavy atom. The van der Waals surface area contributed by atoms with Crippen LogP contribution in [0, 0.1) is 11.6 Å². The molecular weight excluding hydrogens is 352 g/mol. The molecule has 2 aromatic heterocycles. The van der Waals surface area contributed by atoms with Crippen LogP contribution in [0.25, 0.3) is 11.0 Å². The van der Waals surface area contributed by atoms with Gasteiger partial charge in [-0.25, -0.2) is 18.8 Å². The molecule has 0 N–H and O–H groups in total. The van der Waals surface area contributed by atoms with Crippen LogP contribution < -0.4 is 9.16 Å². The average Bonchev–Trinajstić information content (AvgIpc) is 2.58. The van der Waals surface area contributed by atoms with Gasteiger partial charge in [-0.1, -0.05) is 0 Å². The van der Waals surface area contributed by atoms with Crippen molar-refractivity contribution in [2.24, 2.45) is 0 Å². The monoisotopic (exact) mass is 358 g/mol. The van der Waals surface area contributed by atoms with E-state index in [1.807, 2.05) is 0 Å². The number of pyridine rings is 1. The first-order valence-electron chi connectivity index (χ1n) is 6.43. The lowest BCUT2D eigenvalue weighted by molar-refractivity contribution is -0.0525. The van der Waals surface area contributed by atoms with Crippen LogP contribution in [0.2, 0.25) is 0 Å². The zero-order valence-electron chi connectivity index (χ0n) is 11.6. The van der Waals surface area contributed by atoms with Crippen LogP contribution in [-0.4, -0.2) is 21.6 Å². The van der Waals surface area contributed by atoms with E-state index in [0.717, 1.165) is 16.6 Å². The van der Waals surface area contributed by atoms with Crippen molar-refractivity contribution >= 4 is 34.3 Å². The molecule has 0 atom stereocenters. The molecule has 10 heteroatoms. The number of nitrogens with zero attached hydrogens (tertiary/aromatic N) is 4. The smallest absolute Gasteiger partial charge is 0.387 e. The van der Waals surface area contributed by atoms with Gasteiger partial charge < -0.3 is 4.74 Å². The fourth-order valence-electron chi connectivity index (χ4n) is 2.00. The third-order valence-electron chi connectivity index (χ3n) is 3.02. The Hall–Kier alpha value is -2.68. The number of aromatic nitrogens is 3. The topological polar surface area (TPSA) is 51.1 Å². The molecule has 0 amide bonds. The summed E-state index contributed by atoms with van der Waals surface area (Å²) < 4.78 is 56.9. The Morgan fingerprint density at radius 1 is 1.04 bits per heavy atom. The summed E-state index contributed by atoms with van der Waals surface area (Å²) in [7, 11) is 0. The maximum Gasteiger partial charge on any atom is 0.387 e. The first-order valence-corrected chi connectivity index (χ1v) is 6.77. The van der Waals surface area contributed by atoms with Crippen molar-refractivity contribution in [2.75, 3.05) is 4.42 Å². The van der Waals surface area contributed by atoms with E-state index in [4.69, 9.17) is 11.8 Å². The summed E-state index contributed by atoms with van der Waals surface area (Å²) >= 11 is 6.05. The van der Waals surface area contributed by atoms with E-state index in [0.29, 0.717) is 5.52 Å². The second kappa shape index (κ2) is 6.44. The Labute approximate surface area is 137 Å². The predicted molar refractivity (Wildman–Crippen MR) is 78.3 cm³/mol. The number of rotatable bonds is 4. The van der Waals surface area contributed by atoms with Gasteiger partial charge in [-0.2, -0.15) is 13.2 Å². The largest absolute Gasteiger partial charge is 0.432 e. The van der Waals surface area contributed by atoms with Gasteiger partial charge in [-0.3, -0.25) is 4.98 Å². The standard InChI is InChI=1S/C14H7ClF4N4O/c15-23(13-12-7(21-6-22-13)2-1-5-20-12)8-3-4-9(24-14(18)19)11(17)10(8)16/h1-6,14H. The van der Waals surface area contributed by atoms with E-state index >= 15 is 0 Å². The molecule has 124 valence electrons. The number of benzene rings is 1. The van der Waals surface area contributed by atoms with Crippen molar-refractivity contribution in [1.29, 1.82) is 0 Å². The fraction of sp³-hybridized carbons (Fsp3) is 0.0714. The molecule has 0 aliphatic heterocycles. The Kier molecular flexibility index (Phi) is 4.34. The van der Waals surface area contributed by atoms with Crippen molar-refractivity contribution in [3.63, 3.8) is 0 Å². The van der Waals surface area contributed by atoms with Gasteiger partial charge in [-0.15, -0.1) is 0 Å². The third-order valence-corrected chi connectivity index (χ3v) is 3.36. The lowest BCUT2D eigenvalue weighted by Gasteiger charge is -2.17. The molecule has 0 saturated carbocycles. The van der Waals surface area contributed by atoms with Gasteiger partial charge >= 0.3 is 6.61 Å². The number of halogens is 5. The molecule has 1 aromatic carbocycles. The van der Waals surface area contributed by atoms with Crippen molar-refractivity contribution in [1.82, 2.24) is 15.0 Å². The highest BCUT2D eigenvalue weighted by Crippen LogP contribution is 2.35. The van der Waals surface area contributed by atoms with Gasteiger partial charge in [-0.05, 0) is 24.3 Å². The highest BCUT2D eigenvalue weighted by atomic mass is 35.5. The van der Waals surface area contributed by atoms with Gasteiger partial charge in [0.1, 0.15) is 11.8 Å². The molecule has 0 aliphatic rings. The van der Waals surface area contributed by atoms with Crippen LogP contribution in [-0.2, 0) is 0 Å². The van der Waals surface area contributed by atoms with Gasteiger partial charge in [0.15, 0.2) is 17.4 Å². The molecule has 0 bridgehead atoms. The first kappa shape index (κ1) is 16.2. The number of alkyl halides is 2. The maximum atomic E-state index is 14.2. The molecular formula is C14H7ClF4N4O. The Balaban J connectivity index is 2.06. The quantitative estimate of drug-likeness (QED) is 0.517. The second-order valence-electron chi connectivity index (χ2n) is 4.44. The van der Waals surface area contributed by atoms with Crippen molar-refractivity contribution in [2.45, 2.75) is 6.61 Å². The zero-order valence-corrected chi connectivity index (χ0v) is 12.4. The van der Waals surface area contributed by atoms with Gasteiger partial charge in [0.25, 0.3) is 0 Å². The summed E-state index contributed by atoms with van der Waals surface area (Å²) in [6.07, 6.45) is 2.63. The summed E-state index contributed by atoms with van der Waals surface area (Å²) in [6.45, 7) is -3.29. The molecule has 0 saturated heterocycles. The van der Waals surface area contributed by atoms with E-state index in [2.05, 4.69) is 19.7 Å². The maximum absolute atomic E-state index is 14.2. The minimum absolute atomic E-state index is 0.00287. The van der Waals surface area contributed by atoms with Crippen LogP contribution in [0.15, 0.2) is 36.8 Å². The van der Waals surface area contributed by atoms with Gasteiger partial charge in [0.2, 0.25) is 5.82 Å². The number of hydrogen-bond donors (Lipinski definition) is 0. The summed E-state index contributed by atoms with van der Waals surface area (Å²) in [5.41, 5.74) is 0.246. The van der Waals surface area contributed by atoms with Crippen molar-refractivity contribution in [3.05, 3.63) is 48.4 Å². The average molecular weight is 359 g/mol. The second-order valence-corrected chi connectivity index (χ2v) is 4.78. The Bertz CT molecular complexity index is 891. The number of anilines is 2. The molecule has 5 nitrogen and oxygen atoms in total. The van der Waals surface area contributed by atoms with Crippen LogP contribution >= 0.6 is 11.8 Å². The van der Waals surface area contributed by atoms with E-state index in [9.17, 15) is 17.6 Å². The minimum atomic E-state index is -3.29. The minimum Gasteiger partial charge on any atom is -0.432 e. The van der Waals surface area contributed by atoms with Crippen LogP contribution in [0.1, 0.15) is 0 Å². The molecule has 2 heterocycles. The SMILES string of the molecule is Fc1c(OC(F)F)ccc(N(Cl)c2ncnc3cccnc23)c1F. The zero-order chi connectivity index (χ0) is 17.3. The van der Waals surface area contributed by atoms with E-state index in [1.165, 1.54) is 12.5 Å². The summed E-state index contributed by atoms with van der Waals surface area (Å²) in [5.74, 6) is -3.99. The summed E-state index contributed by atoms with van der Waals surface area (Å²) in [4.78, 5) is 11.9. The van der Waals surface area contributed by atoms with E-state index in [-0.39, 0.29) is 11.3 Å². The molecule has 0 fully saturated rings. The molecule has 3 aromatic rings. The van der Waals surface area contributed by atoms with Crippen molar-refractivity contribution in [3.8, 4) is 5.75 Å².